The molecule has 1 fully saturated rings. The second-order valence-electron chi connectivity index (χ2n) is 5.35. The maximum atomic E-state index is 5.81. The van der Waals surface area contributed by atoms with E-state index in [1.54, 1.807) is 0 Å². The van der Waals surface area contributed by atoms with Gasteiger partial charge in [-0.3, -0.25) is 4.90 Å². The third-order valence-corrected chi connectivity index (χ3v) is 4.09. The Hall–Kier alpha value is -1.06. The normalized spacial score (nSPS) is 22.1. The van der Waals surface area contributed by atoms with Gasteiger partial charge in [0.1, 0.15) is 12.4 Å². The molecule has 0 spiro atoms. The van der Waals surface area contributed by atoms with E-state index in [-0.39, 0.29) is 0 Å². The van der Waals surface area contributed by atoms with Gasteiger partial charge >= 0.3 is 0 Å². The van der Waals surface area contributed by atoms with Crippen molar-refractivity contribution in [1.82, 2.24) is 10.2 Å². The molecule has 1 heterocycles. The zero-order valence-corrected chi connectivity index (χ0v) is 12.1. The zero-order valence-electron chi connectivity index (χ0n) is 12.1. The molecular formula is C16H26N2O. The van der Waals surface area contributed by atoms with Gasteiger partial charge in [0, 0.05) is 32.2 Å². The molecule has 1 aliphatic rings. The number of nitrogens with one attached hydrogen (secondary N) is 1. The van der Waals surface area contributed by atoms with Gasteiger partial charge in [0.15, 0.2) is 0 Å². The lowest BCUT2D eigenvalue weighted by molar-refractivity contribution is 0.0979. The highest BCUT2D eigenvalue weighted by Gasteiger charge is 2.25. The second kappa shape index (κ2) is 7.51. The molecule has 1 aromatic rings. The van der Waals surface area contributed by atoms with Gasteiger partial charge in [-0.1, -0.05) is 38.5 Å². The Morgan fingerprint density at radius 1 is 1.37 bits per heavy atom. The van der Waals surface area contributed by atoms with Crippen molar-refractivity contribution in [3.63, 3.8) is 0 Å². The van der Waals surface area contributed by atoms with Crippen molar-refractivity contribution in [3.8, 4) is 5.75 Å². The van der Waals surface area contributed by atoms with Crippen molar-refractivity contribution in [2.45, 2.75) is 26.3 Å². The van der Waals surface area contributed by atoms with Crippen LogP contribution in [0.3, 0.4) is 0 Å². The van der Waals surface area contributed by atoms with Gasteiger partial charge in [0.05, 0.1) is 0 Å². The molecule has 2 rings (SSSR count). The summed E-state index contributed by atoms with van der Waals surface area (Å²) in [7, 11) is 0. The Labute approximate surface area is 116 Å². The van der Waals surface area contributed by atoms with E-state index in [1.165, 1.54) is 6.42 Å². The number of ether oxygens (including phenoxy) is 1. The summed E-state index contributed by atoms with van der Waals surface area (Å²) in [5.74, 6) is 1.71. The summed E-state index contributed by atoms with van der Waals surface area (Å²) in [6.45, 7) is 9.76. The maximum absolute atomic E-state index is 5.81. The molecule has 2 unspecified atom stereocenters. The van der Waals surface area contributed by atoms with E-state index in [1.807, 2.05) is 30.3 Å². The van der Waals surface area contributed by atoms with Gasteiger partial charge in [-0.2, -0.15) is 0 Å². The number of hydrogen-bond acceptors (Lipinski definition) is 3. The molecule has 0 radical (unpaired) electrons. The van der Waals surface area contributed by atoms with Crippen molar-refractivity contribution in [1.29, 1.82) is 0 Å². The summed E-state index contributed by atoms with van der Waals surface area (Å²) >= 11 is 0. The Bertz CT molecular complexity index is 355. The number of para-hydroxylation sites is 1. The largest absolute Gasteiger partial charge is 0.492 e. The Kier molecular flexibility index (Phi) is 5.67. The number of hydrogen-bond donors (Lipinski definition) is 1. The lowest BCUT2D eigenvalue weighted by Gasteiger charge is -2.39. The lowest BCUT2D eigenvalue weighted by Crippen LogP contribution is -2.54. The molecule has 1 aromatic carbocycles. The molecule has 0 saturated carbocycles. The van der Waals surface area contributed by atoms with E-state index >= 15 is 0 Å². The third-order valence-electron chi connectivity index (χ3n) is 4.09. The van der Waals surface area contributed by atoms with Crippen LogP contribution in [0.25, 0.3) is 0 Å². The highest BCUT2D eigenvalue weighted by Crippen LogP contribution is 2.16. The van der Waals surface area contributed by atoms with Crippen molar-refractivity contribution in [3.05, 3.63) is 30.3 Å². The van der Waals surface area contributed by atoms with Crippen molar-refractivity contribution in [2.75, 3.05) is 32.8 Å². The van der Waals surface area contributed by atoms with Crippen molar-refractivity contribution < 1.29 is 4.74 Å². The number of rotatable bonds is 6. The zero-order chi connectivity index (χ0) is 13.5. The van der Waals surface area contributed by atoms with Gasteiger partial charge in [0.2, 0.25) is 0 Å². The fraction of sp³-hybridized carbons (Fsp3) is 0.625. The average Bonchev–Trinajstić information content (AvgIpc) is 2.48. The van der Waals surface area contributed by atoms with Crippen LogP contribution in [-0.2, 0) is 0 Å². The predicted molar refractivity (Wildman–Crippen MR) is 79.6 cm³/mol. The highest BCUT2D eigenvalue weighted by molar-refractivity contribution is 5.20. The first-order valence-corrected chi connectivity index (χ1v) is 7.44. The van der Waals surface area contributed by atoms with Gasteiger partial charge in [0.25, 0.3) is 0 Å². The van der Waals surface area contributed by atoms with Gasteiger partial charge in [-0.05, 0) is 18.1 Å². The third kappa shape index (κ3) is 4.22. The topological polar surface area (TPSA) is 24.5 Å². The SMILES string of the molecule is CCC(C)C1CNCCN1CCOc1ccccc1. The van der Waals surface area contributed by atoms with Gasteiger partial charge in [-0.15, -0.1) is 0 Å². The van der Waals surface area contributed by atoms with Crippen LogP contribution >= 0.6 is 0 Å². The summed E-state index contributed by atoms with van der Waals surface area (Å²) in [5.41, 5.74) is 0. The highest BCUT2D eigenvalue weighted by atomic mass is 16.5. The van der Waals surface area contributed by atoms with Crippen LogP contribution in [0.5, 0.6) is 5.75 Å². The van der Waals surface area contributed by atoms with E-state index in [2.05, 4.69) is 24.1 Å². The van der Waals surface area contributed by atoms with E-state index in [0.717, 1.165) is 44.5 Å². The molecule has 3 heteroatoms. The maximum Gasteiger partial charge on any atom is 0.119 e. The van der Waals surface area contributed by atoms with Crippen LogP contribution in [0, 0.1) is 5.92 Å². The number of piperazine rings is 1. The molecule has 0 aromatic heterocycles. The van der Waals surface area contributed by atoms with Gasteiger partial charge < -0.3 is 10.1 Å². The first kappa shape index (κ1) is 14.4. The molecule has 1 N–H and O–H groups in total. The van der Waals surface area contributed by atoms with Crippen LogP contribution in [0.1, 0.15) is 20.3 Å². The molecule has 0 amide bonds. The van der Waals surface area contributed by atoms with E-state index in [9.17, 15) is 0 Å². The van der Waals surface area contributed by atoms with E-state index < -0.39 is 0 Å². The quantitative estimate of drug-likeness (QED) is 0.852. The molecule has 19 heavy (non-hydrogen) atoms. The smallest absolute Gasteiger partial charge is 0.119 e. The lowest BCUT2D eigenvalue weighted by atomic mass is 9.96. The predicted octanol–water partition coefficient (Wildman–Crippen LogP) is 2.39. The first-order chi connectivity index (χ1) is 9.31. The Balaban J connectivity index is 1.79. The standard InChI is InChI=1S/C16H26N2O/c1-3-14(2)16-13-17-9-10-18(16)11-12-19-15-7-5-4-6-8-15/h4-8,14,16-17H,3,9-13H2,1-2H3. The van der Waals surface area contributed by atoms with Crippen LogP contribution in [0.4, 0.5) is 0 Å². The summed E-state index contributed by atoms with van der Waals surface area (Å²) in [6.07, 6.45) is 1.24. The fourth-order valence-electron chi connectivity index (χ4n) is 2.68. The summed E-state index contributed by atoms with van der Waals surface area (Å²) < 4.78 is 5.81. The molecule has 2 atom stereocenters. The number of benzene rings is 1. The first-order valence-electron chi connectivity index (χ1n) is 7.44. The monoisotopic (exact) mass is 262 g/mol. The molecule has 106 valence electrons. The number of nitrogens with zero attached hydrogens (tertiary/aromatic N) is 1. The molecule has 0 aliphatic carbocycles. The Morgan fingerprint density at radius 2 is 2.16 bits per heavy atom. The molecule has 0 bridgehead atoms. The molecule has 3 nitrogen and oxygen atoms in total. The van der Waals surface area contributed by atoms with Gasteiger partial charge in [-0.25, -0.2) is 0 Å². The van der Waals surface area contributed by atoms with Crippen LogP contribution < -0.4 is 10.1 Å². The summed E-state index contributed by atoms with van der Waals surface area (Å²) in [5, 5.41) is 3.51. The Morgan fingerprint density at radius 3 is 2.89 bits per heavy atom. The average molecular weight is 262 g/mol. The molecule has 1 aliphatic heterocycles. The minimum Gasteiger partial charge on any atom is -0.492 e. The van der Waals surface area contributed by atoms with Crippen molar-refractivity contribution >= 4 is 0 Å². The molecular weight excluding hydrogens is 236 g/mol. The summed E-state index contributed by atoms with van der Waals surface area (Å²) in [6, 6.07) is 10.7. The molecule has 1 saturated heterocycles. The fourth-order valence-corrected chi connectivity index (χ4v) is 2.68. The van der Waals surface area contributed by atoms with Crippen LogP contribution in [0.2, 0.25) is 0 Å². The van der Waals surface area contributed by atoms with E-state index in [0.29, 0.717) is 6.04 Å². The van der Waals surface area contributed by atoms with Crippen molar-refractivity contribution in [2.24, 2.45) is 5.92 Å². The minimum absolute atomic E-state index is 0.651. The van der Waals surface area contributed by atoms with Crippen LogP contribution in [-0.4, -0.2) is 43.7 Å². The van der Waals surface area contributed by atoms with Crippen LogP contribution in [0.15, 0.2) is 30.3 Å². The summed E-state index contributed by atoms with van der Waals surface area (Å²) in [4.78, 5) is 2.58. The van der Waals surface area contributed by atoms with E-state index in [4.69, 9.17) is 4.74 Å². The second-order valence-corrected chi connectivity index (χ2v) is 5.35. The minimum atomic E-state index is 0.651.